The standard InChI is InChI=1S/C14H29ClOSi/c1-5-6-7-8-11-17(4,15)12-9-10-16-13-14(2)3/h2,5-13H2,1,3-4H3. The molecule has 0 aromatic rings. The van der Waals surface area contributed by atoms with Crippen molar-refractivity contribution in [3.63, 3.8) is 0 Å². The molecule has 1 nitrogen and oxygen atoms in total. The van der Waals surface area contributed by atoms with Crippen molar-refractivity contribution in [2.45, 2.75) is 64.6 Å². The van der Waals surface area contributed by atoms with E-state index in [-0.39, 0.29) is 0 Å². The van der Waals surface area contributed by atoms with Crippen molar-refractivity contribution >= 4 is 18.5 Å². The fraction of sp³-hybridized carbons (Fsp3) is 0.857. The molecule has 0 rings (SSSR count). The topological polar surface area (TPSA) is 9.23 Å². The van der Waals surface area contributed by atoms with E-state index in [0.29, 0.717) is 6.61 Å². The van der Waals surface area contributed by atoms with E-state index in [9.17, 15) is 0 Å². The van der Waals surface area contributed by atoms with Crippen LogP contribution in [0.5, 0.6) is 0 Å². The van der Waals surface area contributed by atoms with Gasteiger partial charge in [0.25, 0.3) is 0 Å². The first-order chi connectivity index (χ1) is 7.98. The normalized spacial score (nSPS) is 14.6. The van der Waals surface area contributed by atoms with Crippen LogP contribution in [0, 0.1) is 0 Å². The summed E-state index contributed by atoms with van der Waals surface area (Å²) in [4.78, 5) is 0. The van der Waals surface area contributed by atoms with E-state index in [2.05, 4.69) is 20.0 Å². The molecule has 0 saturated carbocycles. The molecular formula is C14H29ClOSi. The number of halogens is 1. The highest BCUT2D eigenvalue weighted by Gasteiger charge is 2.22. The lowest BCUT2D eigenvalue weighted by Gasteiger charge is -2.19. The summed E-state index contributed by atoms with van der Waals surface area (Å²) in [6, 6.07) is 2.44. The first-order valence-electron chi connectivity index (χ1n) is 6.89. The van der Waals surface area contributed by atoms with Gasteiger partial charge in [0, 0.05) is 6.61 Å². The van der Waals surface area contributed by atoms with E-state index in [1.807, 2.05) is 6.92 Å². The highest BCUT2D eigenvalue weighted by Crippen LogP contribution is 2.25. The maximum atomic E-state index is 6.62. The van der Waals surface area contributed by atoms with Crippen LogP contribution < -0.4 is 0 Å². The number of unbranched alkanes of at least 4 members (excludes halogenated alkanes) is 3. The van der Waals surface area contributed by atoms with Gasteiger partial charge in [-0.25, -0.2) is 0 Å². The molecule has 0 fully saturated rings. The molecule has 0 aliphatic heterocycles. The molecule has 0 heterocycles. The summed E-state index contributed by atoms with van der Waals surface area (Å²) >= 11 is 6.62. The van der Waals surface area contributed by atoms with Crippen LogP contribution >= 0.6 is 11.1 Å². The summed E-state index contributed by atoms with van der Waals surface area (Å²) in [5.74, 6) is 0. The Balaban J connectivity index is 3.46. The molecule has 0 saturated heterocycles. The fourth-order valence-corrected chi connectivity index (χ4v) is 4.76. The Morgan fingerprint density at radius 3 is 2.41 bits per heavy atom. The summed E-state index contributed by atoms with van der Waals surface area (Å²) < 4.78 is 5.50. The Kier molecular flexibility index (Phi) is 10.3. The summed E-state index contributed by atoms with van der Waals surface area (Å²) in [7, 11) is -1.46. The highest BCUT2D eigenvalue weighted by molar-refractivity contribution is 7.19. The fourth-order valence-electron chi connectivity index (χ4n) is 1.83. The molecule has 3 heteroatoms. The Labute approximate surface area is 113 Å². The van der Waals surface area contributed by atoms with Gasteiger partial charge in [0.05, 0.1) is 6.61 Å². The first-order valence-corrected chi connectivity index (χ1v) is 10.8. The second-order valence-electron chi connectivity index (χ2n) is 5.34. The zero-order valence-electron chi connectivity index (χ0n) is 11.9. The predicted molar refractivity (Wildman–Crippen MR) is 81.5 cm³/mol. The molecule has 0 N–H and O–H groups in total. The average Bonchev–Trinajstić information content (AvgIpc) is 2.23. The van der Waals surface area contributed by atoms with Crippen LogP contribution in [0.2, 0.25) is 18.6 Å². The quantitative estimate of drug-likeness (QED) is 0.214. The molecule has 0 aliphatic carbocycles. The number of hydrogen-bond donors (Lipinski definition) is 0. The molecule has 0 radical (unpaired) electrons. The van der Waals surface area contributed by atoms with Gasteiger partial charge in [-0.2, -0.15) is 11.1 Å². The Morgan fingerprint density at radius 2 is 1.82 bits per heavy atom. The summed E-state index contributed by atoms with van der Waals surface area (Å²) in [5.41, 5.74) is 1.09. The molecule has 1 unspecified atom stereocenters. The van der Waals surface area contributed by atoms with Crippen molar-refractivity contribution in [1.82, 2.24) is 0 Å². The number of rotatable bonds is 11. The van der Waals surface area contributed by atoms with Crippen molar-refractivity contribution < 1.29 is 4.74 Å². The smallest absolute Gasteiger partial charge is 0.153 e. The maximum Gasteiger partial charge on any atom is 0.153 e. The molecule has 0 spiro atoms. The van der Waals surface area contributed by atoms with Gasteiger partial charge in [0.2, 0.25) is 0 Å². The molecule has 0 aromatic heterocycles. The van der Waals surface area contributed by atoms with Gasteiger partial charge in [-0.3, -0.25) is 0 Å². The van der Waals surface area contributed by atoms with Crippen molar-refractivity contribution in [3.8, 4) is 0 Å². The first kappa shape index (κ1) is 17.2. The minimum Gasteiger partial charge on any atom is -0.377 e. The highest BCUT2D eigenvalue weighted by atomic mass is 35.6. The molecule has 17 heavy (non-hydrogen) atoms. The summed E-state index contributed by atoms with van der Waals surface area (Å²) in [5, 5.41) is 0. The van der Waals surface area contributed by atoms with E-state index in [1.54, 1.807) is 0 Å². The van der Waals surface area contributed by atoms with Crippen LogP contribution in [0.1, 0.15) is 46.0 Å². The van der Waals surface area contributed by atoms with Gasteiger partial charge in [-0.05, 0) is 25.4 Å². The molecule has 1 atom stereocenters. The molecule has 0 aliphatic rings. The second kappa shape index (κ2) is 10.2. The average molecular weight is 277 g/mol. The Hall–Kier alpha value is 0.207. The van der Waals surface area contributed by atoms with Gasteiger partial charge in [0.1, 0.15) is 0 Å². The lowest BCUT2D eigenvalue weighted by Crippen LogP contribution is -2.22. The van der Waals surface area contributed by atoms with Crippen LogP contribution in [-0.2, 0) is 4.74 Å². The number of hydrogen-bond acceptors (Lipinski definition) is 1. The molecular weight excluding hydrogens is 248 g/mol. The van der Waals surface area contributed by atoms with Crippen LogP contribution in [0.3, 0.4) is 0 Å². The van der Waals surface area contributed by atoms with Gasteiger partial charge in [0.15, 0.2) is 7.38 Å². The van der Waals surface area contributed by atoms with Crippen molar-refractivity contribution in [1.29, 1.82) is 0 Å². The Morgan fingerprint density at radius 1 is 1.18 bits per heavy atom. The molecule has 102 valence electrons. The third-order valence-corrected chi connectivity index (χ3v) is 6.81. The van der Waals surface area contributed by atoms with Crippen LogP contribution in [0.4, 0.5) is 0 Å². The minimum atomic E-state index is -1.46. The van der Waals surface area contributed by atoms with Crippen LogP contribution in [-0.4, -0.2) is 20.6 Å². The van der Waals surface area contributed by atoms with E-state index in [0.717, 1.165) is 18.6 Å². The zero-order valence-corrected chi connectivity index (χ0v) is 13.6. The minimum absolute atomic E-state index is 0.692. The van der Waals surface area contributed by atoms with Gasteiger partial charge < -0.3 is 4.74 Å². The molecule has 0 amide bonds. The van der Waals surface area contributed by atoms with Crippen molar-refractivity contribution in [2.24, 2.45) is 0 Å². The predicted octanol–water partition coefficient (Wildman–Crippen LogP) is 5.36. The van der Waals surface area contributed by atoms with Crippen molar-refractivity contribution in [3.05, 3.63) is 12.2 Å². The van der Waals surface area contributed by atoms with Crippen LogP contribution in [0.15, 0.2) is 12.2 Å². The summed E-state index contributed by atoms with van der Waals surface area (Å²) in [6.45, 7) is 11.9. The lowest BCUT2D eigenvalue weighted by atomic mass is 10.2. The lowest BCUT2D eigenvalue weighted by molar-refractivity contribution is 0.157. The van der Waals surface area contributed by atoms with Crippen molar-refractivity contribution in [2.75, 3.05) is 13.2 Å². The van der Waals surface area contributed by atoms with Crippen LogP contribution in [0.25, 0.3) is 0 Å². The Bertz CT molecular complexity index is 204. The van der Waals surface area contributed by atoms with E-state index >= 15 is 0 Å². The third kappa shape index (κ3) is 12.5. The van der Waals surface area contributed by atoms with Gasteiger partial charge >= 0.3 is 0 Å². The number of ether oxygens (including phenoxy) is 1. The third-order valence-electron chi connectivity index (χ3n) is 2.89. The monoisotopic (exact) mass is 276 g/mol. The largest absolute Gasteiger partial charge is 0.377 e. The van der Waals surface area contributed by atoms with E-state index in [1.165, 1.54) is 37.8 Å². The summed E-state index contributed by atoms with van der Waals surface area (Å²) in [6.07, 6.45) is 6.41. The van der Waals surface area contributed by atoms with E-state index in [4.69, 9.17) is 15.8 Å². The zero-order chi connectivity index (χ0) is 13.1. The van der Waals surface area contributed by atoms with E-state index < -0.39 is 7.38 Å². The maximum absolute atomic E-state index is 6.62. The molecule has 0 aromatic carbocycles. The second-order valence-corrected chi connectivity index (χ2v) is 11.9. The van der Waals surface area contributed by atoms with Gasteiger partial charge in [-0.15, -0.1) is 0 Å². The molecule has 0 bridgehead atoms. The SMILES string of the molecule is C=C(C)COCCC[Si](C)(Cl)CCCCCC. The van der Waals surface area contributed by atoms with Gasteiger partial charge in [-0.1, -0.05) is 51.3 Å².